The van der Waals surface area contributed by atoms with Crippen LogP contribution in [0.1, 0.15) is 26.3 Å². The second-order valence-electron chi connectivity index (χ2n) is 4.73. The van der Waals surface area contributed by atoms with Gasteiger partial charge in [-0.25, -0.2) is 4.79 Å². The van der Waals surface area contributed by atoms with Crippen molar-refractivity contribution in [3.05, 3.63) is 47.5 Å². The quantitative estimate of drug-likeness (QED) is 0.355. The van der Waals surface area contributed by atoms with Crippen molar-refractivity contribution in [2.75, 3.05) is 0 Å². The van der Waals surface area contributed by atoms with Crippen molar-refractivity contribution in [3.8, 4) is 0 Å². The third-order valence-corrected chi connectivity index (χ3v) is 1.95. The highest BCUT2D eigenvalue weighted by molar-refractivity contribution is 6.39. The average molecular weight is 244 g/mol. The fourth-order valence-corrected chi connectivity index (χ4v) is 1.21. The summed E-state index contributed by atoms with van der Waals surface area (Å²) in [6.45, 7) is 5.25. The van der Waals surface area contributed by atoms with Crippen molar-refractivity contribution in [2.24, 2.45) is 0 Å². The Kier molecular flexibility index (Phi) is 4.58. The molecule has 0 heterocycles. The molecule has 0 spiro atoms. The van der Waals surface area contributed by atoms with Crippen molar-refractivity contribution in [1.82, 2.24) is 0 Å². The first-order chi connectivity index (χ1) is 8.42. The minimum atomic E-state index is -0.655. The molecule has 1 aromatic carbocycles. The number of hydrogen-bond donors (Lipinski definition) is 0. The fraction of sp³-hybridized carbons (Fsp3) is 0.286. The molecule has 0 radical (unpaired) electrons. The van der Waals surface area contributed by atoms with Crippen LogP contribution in [-0.4, -0.2) is 22.1 Å². The number of carbonyl (C=O) groups excluding carboxylic acids is 1. The zero-order chi connectivity index (χ0) is 13.6. The lowest BCUT2D eigenvalue weighted by Gasteiger charge is -2.17. The van der Waals surface area contributed by atoms with E-state index in [2.05, 4.69) is 4.79 Å². The molecule has 0 atom stereocenters. The van der Waals surface area contributed by atoms with Crippen LogP contribution in [0.3, 0.4) is 0 Å². The van der Waals surface area contributed by atoms with E-state index in [0.717, 1.165) is 5.56 Å². The summed E-state index contributed by atoms with van der Waals surface area (Å²) in [6.07, 6.45) is 3.10. The number of benzene rings is 1. The van der Waals surface area contributed by atoms with Gasteiger partial charge in [-0.1, -0.05) is 30.3 Å². The van der Waals surface area contributed by atoms with E-state index < -0.39 is 11.6 Å². The van der Waals surface area contributed by atoms with Gasteiger partial charge >= 0.3 is 11.7 Å². The molecule has 0 saturated heterocycles. The van der Waals surface area contributed by atoms with E-state index in [9.17, 15) is 4.79 Å². The molecule has 0 N–H and O–H groups in total. The summed E-state index contributed by atoms with van der Waals surface area (Å²) in [5.74, 6) is -0.655. The predicted molar refractivity (Wildman–Crippen MR) is 69.9 cm³/mol. The molecule has 4 heteroatoms. The largest absolute Gasteiger partial charge is 0.451 e. The molecular formula is C14H16N2O2. The number of carbonyl (C=O) groups is 1. The number of rotatable bonds is 3. The molecule has 4 nitrogen and oxygen atoms in total. The van der Waals surface area contributed by atoms with Crippen molar-refractivity contribution < 1.29 is 14.3 Å². The first kappa shape index (κ1) is 13.9. The van der Waals surface area contributed by atoms with E-state index in [4.69, 9.17) is 10.3 Å². The van der Waals surface area contributed by atoms with Gasteiger partial charge in [-0.15, -0.1) is 0 Å². The van der Waals surface area contributed by atoms with Crippen LogP contribution in [0.2, 0.25) is 0 Å². The second-order valence-corrected chi connectivity index (χ2v) is 4.73. The SMILES string of the molecule is CC(C)(C)OC(=O)C(/C=C/c1ccccc1)=[N+]=[N-]. The third-order valence-electron chi connectivity index (χ3n) is 1.95. The summed E-state index contributed by atoms with van der Waals surface area (Å²) < 4.78 is 5.10. The van der Waals surface area contributed by atoms with Gasteiger partial charge in [0.25, 0.3) is 0 Å². The summed E-state index contributed by atoms with van der Waals surface area (Å²) in [7, 11) is 0. The van der Waals surface area contributed by atoms with Gasteiger partial charge in [0.1, 0.15) is 5.60 Å². The Labute approximate surface area is 107 Å². The highest BCUT2D eigenvalue weighted by Crippen LogP contribution is 2.08. The Morgan fingerprint density at radius 2 is 1.89 bits per heavy atom. The standard InChI is InChI=1S/C14H16N2O2/c1-14(2,3)18-13(17)12(16-15)10-9-11-7-5-4-6-8-11/h4-10H,1-3H3/b10-9+. The molecule has 1 aromatic rings. The van der Waals surface area contributed by atoms with Crippen molar-refractivity contribution >= 4 is 17.8 Å². The van der Waals surface area contributed by atoms with Crippen LogP contribution >= 0.6 is 0 Å². The van der Waals surface area contributed by atoms with Crippen LogP contribution in [0.25, 0.3) is 11.6 Å². The Hall–Kier alpha value is -2.19. The maximum absolute atomic E-state index is 11.6. The Balaban J connectivity index is 2.78. The number of nitrogens with zero attached hydrogens (tertiary/aromatic N) is 2. The molecule has 94 valence electrons. The molecule has 0 aliphatic rings. The van der Waals surface area contributed by atoms with Gasteiger partial charge in [-0.05, 0) is 32.4 Å². The smallest absolute Gasteiger partial charge is 0.422 e. The average Bonchev–Trinajstić information content (AvgIpc) is 2.29. The van der Waals surface area contributed by atoms with Gasteiger partial charge in [0.15, 0.2) is 0 Å². The van der Waals surface area contributed by atoms with E-state index >= 15 is 0 Å². The summed E-state index contributed by atoms with van der Waals surface area (Å²) in [5, 5.41) is 0. The van der Waals surface area contributed by atoms with Crippen LogP contribution in [-0.2, 0) is 9.53 Å². The van der Waals surface area contributed by atoms with E-state index in [1.54, 1.807) is 26.8 Å². The Bertz CT molecular complexity index is 492. The minimum Gasteiger partial charge on any atom is -0.451 e. The Morgan fingerprint density at radius 1 is 1.28 bits per heavy atom. The zero-order valence-electron chi connectivity index (χ0n) is 10.8. The number of hydrogen-bond acceptors (Lipinski definition) is 2. The van der Waals surface area contributed by atoms with Gasteiger partial charge < -0.3 is 10.3 Å². The molecule has 0 unspecified atom stereocenters. The van der Waals surface area contributed by atoms with Gasteiger partial charge in [-0.3, -0.25) is 0 Å². The van der Waals surface area contributed by atoms with Gasteiger partial charge in [0.2, 0.25) is 0 Å². The molecular weight excluding hydrogens is 228 g/mol. The lowest BCUT2D eigenvalue weighted by atomic mass is 10.2. The number of esters is 1. The summed E-state index contributed by atoms with van der Waals surface area (Å²) >= 11 is 0. The first-order valence-electron chi connectivity index (χ1n) is 5.61. The fourth-order valence-electron chi connectivity index (χ4n) is 1.21. The lowest BCUT2D eigenvalue weighted by molar-refractivity contribution is -0.150. The van der Waals surface area contributed by atoms with Gasteiger partial charge in [0.05, 0.1) is 0 Å². The molecule has 0 bridgehead atoms. The van der Waals surface area contributed by atoms with E-state index in [1.165, 1.54) is 6.08 Å². The van der Waals surface area contributed by atoms with Crippen molar-refractivity contribution in [1.29, 1.82) is 0 Å². The van der Waals surface area contributed by atoms with Crippen LogP contribution in [0.5, 0.6) is 0 Å². The van der Waals surface area contributed by atoms with E-state index in [0.29, 0.717) is 0 Å². The van der Waals surface area contributed by atoms with Gasteiger partial charge in [0, 0.05) is 6.08 Å². The summed E-state index contributed by atoms with van der Waals surface area (Å²) in [4.78, 5) is 14.6. The molecule has 1 rings (SSSR count). The highest BCUT2D eigenvalue weighted by atomic mass is 16.6. The third kappa shape index (κ3) is 4.76. The van der Waals surface area contributed by atoms with Crippen LogP contribution in [0.4, 0.5) is 0 Å². The first-order valence-corrected chi connectivity index (χ1v) is 5.61. The van der Waals surface area contributed by atoms with Gasteiger partial charge in [-0.2, -0.15) is 4.79 Å². The molecule has 0 aromatic heterocycles. The molecule has 0 aliphatic carbocycles. The molecule has 0 amide bonds. The molecule has 0 aliphatic heterocycles. The van der Waals surface area contributed by atoms with E-state index in [1.807, 2.05) is 30.3 Å². The lowest BCUT2D eigenvalue weighted by Crippen LogP contribution is -2.28. The van der Waals surface area contributed by atoms with E-state index in [-0.39, 0.29) is 5.71 Å². The summed E-state index contributed by atoms with van der Waals surface area (Å²) in [5.41, 5.74) is 8.96. The molecule has 0 fully saturated rings. The predicted octanol–water partition coefficient (Wildman–Crippen LogP) is 2.71. The maximum Gasteiger partial charge on any atom is 0.422 e. The maximum atomic E-state index is 11.6. The van der Waals surface area contributed by atoms with Crippen molar-refractivity contribution in [2.45, 2.75) is 26.4 Å². The number of ether oxygens (including phenoxy) is 1. The highest BCUT2D eigenvalue weighted by Gasteiger charge is 2.24. The second kappa shape index (κ2) is 5.94. The normalized spacial score (nSPS) is 11.1. The molecule has 18 heavy (non-hydrogen) atoms. The van der Waals surface area contributed by atoms with Crippen LogP contribution < -0.4 is 0 Å². The Morgan fingerprint density at radius 3 is 2.39 bits per heavy atom. The topological polar surface area (TPSA) is 62.7 Å². The summed E-state index contributed by atoms with van der Waals surface area (Å²) in [6, 6.07) is 9.40. The zero-order valence-corrected chi connectivity index (χ0v) is 10.8. The van der Waals surface area contributed by atoms with Crippen molar-refractivity contribution in [3.63, 3.8) is 0 Å². The monoisotopic (exact) mass is 244 g/mol. The van der Waals surface area contributed by atoms with Crippen LogP contribution in [0, 0.1) is 0 Å². The minimum absolute atomic E-state index is 0.131. The van der Waals surface area contributed by atoms with Crippen LogP contribution in [0.15, 0.2) is 36.4 Å². The molecule has 0 saturated carbocycles.